The molecule has 2 aliphatic rings. The quantitative estimate of drug-likeness (QED) is 0.321. The molecule has 0 bridgehead atoms. The Morgan fingerprint density at radius 1 is 0.571 bits per heavy atom. The van der Waals surface area contributed by atoms with Crippen molar-refractivity contribution in [2.24, 2.45) is 0 Å². The van der Waals surface area contributed by atoms with Crippen molar-refractivity contribution in [2.45, 2.75) is 90.3 Å². The summed E-state index contributed by atoms with van der Waals surface area (Å²) in [5.74, 6) is -47.6. The molecule has 20 heteroatoms. The van der Waals surface area contributed by atoms with Crippen LogP contribution >= 0.6 is 0 Å². The van der Waals surface area contributed by atoms with Crippen LogP contribution in [0.4, 0.5) is 87.8 Å². The Kier molecular flexibility index (Phi) is 5.57. The average molecular weight is 568 g/mol. The van der Waals surface area contributed by atoms with Crippen LogP contribution in [0.25, 0.3) is 0 Å². The Bertz CT molecular complexity index is 887. The Hall–Kier alpha value is -1.40. The van der Waals surface area contributed by atoms with Crippen molar-refractivity contribution in [1.82, 2.24) is 0 Å². The van der Waals surface area contributed by atoms with Gasteiger partial charge in [0, 0.05) is 6.92 Å². The Labute approximate surface area is 179 Å². The molecule has 0 aliphatic heterocycles. The van der Waals surface area contributed by atoms with Crippen LogP contribution in [0.1, 0.15) is 13.8 Å². The Morgan fingerprint density at radius 2 is 0.943 bits per heavy atom. The van der Waals surface area contributed by atoms with Gasteiger partial charge in [0.25, 0.3) is 23.4 Å². The van der Waals surface area contributed by atoms with Gasteiger partial charge in [-0.05, 0) is 6.92 Å². The lowest BCUT2D eigenvalue weighted by molar-refractivity contribution is -0.436. The summed E-state index contributed by atoms with van der Waals surface area (Å²) in [5.41, 5.74) is -40.9. The van der Waals surface area contributed by atoms with E-state index in [0.29, 0.717) is 0 Å². The normalized spacial score (nSPS) is 44.1. The van der Waals surface area contributed by atoms with Crippen LogP contribution < -0.4 is 0 Å². The average Bonchev–Trinajstić information content (AvgIpc) is 2.75. The third-order valence-corrected chi connectivity index (χ3v) is 6.30. The van der Waals surface area contributed by atoms with Crippen molar-refractivity contribution in [2.75, 3.05) is 0 Å². The summed E-state index contributed by atoms with van der Waals surface area (Å²) in [5, 5.41) is 0. The van der Waals surface area contributed by atoms with Crippen molar-refractivity contribution in [3.8, 4) is 0 Å². The zero-order chi connectivity index (χ0) is 28.7. The highest BCUT2D eigenvalue weighted by molar-refractivity contribution is 5.51. The highest BCUT2D eigenvalue weighted by Crippen LogP contribution is 2.83. The molecule has 6 unspecified atom stereocenters. The van der Waals surface area contributed by atoms with E-state index in [4.69, 9.17) is 0 Å². The Balaban J connectivity index is 3.43. The summed E-state index contributed by atoms with van der Waals surface area (Å²) in [6.45, 7) is -3.07. The maximum Gasteiger partial charge on any atom is 0.356 e. The van der Waals surface area contributed by atoms with Gasteiger partial charge in [-0.3, -0.25) is 0 Å². The molecule has 0 saturated heterocycles. The largest absolute Gasteiger partial charge is 0.356 e. The molecule has 0 radical (unpaired) electrons. The van der Waals surface area contributed by atoms with Crippen molar-refractivity contribution in [3.63, 3.8) is 0 Å². The molecule has 35 heavy (non-hydrogen) atoms. The molecule has 0 amide bonds. The van der Waals surface area contributed by atoms with Gasteiger partial charge in [-0.15, -0.1) is 0 Å². The van der Waals surface area contributed by atoms with Gasteiger partial charge in [-0.2, -0.15) is 43.9 Å². The monoisotopic (exact) mass is 568 g/mol. The van der Waals surface area contributed by atoms with E-state index in [2.05, 4.69) is 0 Å². The molecular weight excluding hydrogens is 560 g/mol. The number of hydrogen-bond acceptors (Lipinski definition) is 0. The van der Waals surface area contributed by atoms with Crippen molar-refractivity contribution in [1.29, 1.82) is 0 Å². The molecule has 0 N–H and O–H groups in total. The van der Waals surface area contributed by atoms with E-state index in [0.717, 1.165) is 0 Å². The van der Waals surface area contributed by atoms with Crippen LogP contribution in [0.15, 0.2) is 0 Å². The summed E-state index contributed by atoms with van der Waals surface area (Å²) < 4.78 is 284. The van der Waals surface area contributed by atoms with Crippen LogP contribution in [-0.2, 0) is 0 Å². The first-order chi connectivity index (χ1) is 14.8. The molecule has 0 aromatic rings. The standard InChI is InChI=1S/C15H8F20/c1-5(19,4(17)18)9(26)10(27)7(22,23)3(16)8(24,25)14(32,33)12(10,29)15(34,35)11(9,28)13(30,31)6(2,20)21/h3-4H,1-2H3. The number of rotatable bonds is 4. The van der Waals surface area contributed by atoms with Crippen molar-refractivity contribution < 1.29 is 87.8 Å². The third-order valence-electron chi connectivity index (χ3n) is 6.30. The van der Waals surface area contributed by atoms with Gasteiger partial charge in [-0.1, -0.05) is 0 Å². The summed E-state index contributed by atoms with van der Waals surface area (Å²) in [7, 11) is 0. The van der Waals surface area contributed by atoms with Crippen LogP contribution in [0, 0.1) is 0 Å². The minimum atomic E-state index is -8.68. The second kappa shape index (κ2) is 6.53. The number of alkyl halides is 20. The van der Waals surface area contributed by atoms with E-state index < -0.39 is 90.3 Å². The molecule has 0 spiro atoms. The van der Waals surface area contributed by atoms with Crippen molar-refractivity contribution >= 4 is 0 Å². The van der Waals surface area contributed by atoms with Gasteiger partial charge >= 0.3 is 35.5 Å². The molecular formula is C15H8F20. The van der Waals surface area contributed by atoms with Crippen LogP contribution in [0.3, 0.4) is 0 Å². The summed E-state index contributed by atoms with van der Waals surface area (Å²) in [4.78, 5) is 0. The van der Waals surface area contributed by atoms with E-state index in [1.165, 1.54) is 0 Å². The minimum Gasteiger partial charge on any atom is -0.234 e. The highest BCUT2D eigenvalue weighted by Gasteiger charge is 3.16. The van der Waals surface area contributed by atoms with Gasteiger partial charge in [0.05, 0.1) is 0 Å². The molecule has 0 heterocycles. The van der Waals surface area contributed by atoms with E-state index in [1.54, 1.807) is 0 Å². The number of fused-ring (bicyclic) bond motifs is 1. The fourth-order valence-electron chi connectivity index (χ4n) is 4.35. The van der Waals surface area contributed by atoms with Gasteiger partial charge in [-0.25, -0.2) is 43.9 Å². The van der Waals surface area contributed by atoms with Crippen LogP contribution in [0.5, 0.6) is 0 Å². The molecule has 2 aliphatic carbocycles. The molecule has 2 fully saturated rings. The van der Waals surface area contributed by atoms with Crippen LogP contribution in [0.2, 0.25) is 0 Å². The maximum atomic E-state index is 15.6. The molecule has 2 rings (SSSR count). The van der Waals surface area contributed by atoms with E-state index in [9.17, 15) is 70.2 Å². The van der Waals surface area contributed by atoms with E-state index in [1.807, 2.05) is 0 Å². The summed E-state index contributed by atoms with van der Waals surface area (Å²) in [6.07, 6.45) is -12.4. The van der Waals surface area contributed by atoms with Gasteiger partial charge < -0.3 is 0 Å². The van der Waals surface area contributed by atoms with Crippen molar-refractivity contribution in [3.05, 3.63) is 0 Å². The van der Waals surface area contributed by atoms with Gasteiger partial charge in [0.15, 0.2) is 0 Å². The second-order valence-electron chi connectivity index (χ2n) is 8.23. The zero-order valence-electron chi connectivity index (χ0n) is 16.2. The van der Waals surface area contributed by atoms with E-state index >= 15 is 17.6 Å². The first-order valence-electron chi connectivity index (χ1n) is 8.48. The minimum absolute atomic E-state index is 1.47. The predicted octanol–water partition coefficient (Wildman–Crippen LogP) is 7.01. The molecule has 0 aromatic heterocycles. The lowest BCUT2D eigenvalue weighted by atomic mass is 9.60. The molecule has 0 aromatic carbocycles. The van der Waals surface area contributed by atoms with Gasteiger partial charge in [0.2, 0.25) is 17.5 Å². The number of hydrogen-bond donors (Lipinski definition) is 0. The lowest BCUT2D eigenvalue weighted by Gasteiger charge is -2.55. The SMILES string of the molecule is CC(F)(F)C(F)(F)C1(F)C(F)(F)C2(F)C(F)(F)C(F)(F)C(F)C(F)(F)C2(F)C1(F)C(C)(F)C(F)F. The fourth-order valence-corrected chi connectivity index (χ4v) is 4.35. The molecule has 6 atom stereocenters. The smallest absolute Gasteiger partial charge is 0.234 e. The molecule has 2 saturated carbocycles. The highest BCUT2D eigenvalue weighted by atomic mass is 19.4. The van der Waals surface area contributed by atoms with E-state index in [-0.39, 0.29) is 0 Å². The first-order valence-corrected chi connectivity index (χ1v) is 8.48. The zero-order valence-corrected chi connectivity index (χ0v) is 16.2. The third kappa shape index (κ3) is 2.28. The Morgan fingerprint density at radius 3 is 1.26 bits per heavy atom. The second-order valence-corrected chi connectivity index (χ2v) is 8.23. The fraction of sp³-hybridized carbons (Fsp3) is 1.00. The summed E-state index contributed by atoms with van der Waals surface area (Å²) >= 11 is 0. The first kappa shape index (κ1) is 29.8. The van der Waals surface area contributed by atoms with Gasteiger partial charge in [0.1, 0.15) is 0 Å². The lowest BCUT2D eigenvalue weighted by Crippen LogP contribution is -2.87. The molecule has 0 nitrogen and oxygen atoms in total. The predicted molar refractivity (Wildman–Crippen MR) is 71.1 cm³/mol. The topological polar surface area (TPSA) is 0 Å². The molecule has 208 valence electrons. The maximum absolute atomic E-state index is 15.6. The number of halogens is 20. The summed E-state index contributed by atoms with van der Waals surface area (Å²) in [6, 6.07) is 0. The van der Waals surface area contributed by atoms with Crippen LogP contribution in [-0.4, -0.2) is 76.5 Å².